The van der Waals surface area contributed by atoms with Crippen molar-refractivity contribution in [3.63, 3.8) is 0 Å². The smallest absolute Gasteiger partial charge is 0.297 e. The lowest BCUT2D eigenvalue weighted by molar-refractivity contribution is 0.236. The summed E-state index contributed by atoms with van der Waals surface area (Å²) in [7, 11) is -3.86. The molecule has 0 saturated heterocycles. The molecule has 7 nitrogen and oxygen atoms in total. The summed E-state index contributed by atoms with van der Waals surface area (Å²) in [5.74, 6) is 0.119. The first kappa shape index (κ1) is 11.6. The van der Waals surface area contributed by atoms with Gasteiger partial charge in [-0.3, -0.25) is 0 Å². The molecule has 0 amide bonds. The fourth-order valence-corrected chi connectivity index (χ4v) is 2.02. The van der Waals surface area contributed by atoms with Crippen LogP contribution >= 0.6 is 0 Å². The fraction of sp³-hybridized carbons (Fsp3) is 0.111. The largest absolute Gasteiger partial charge is 0.445 e. The Morgan fingerprint density at radius 1 is 1.29 bits per heavy atom. The zero-order valence-corrected chi connectivity index (χ0v) is 9.38. The maximum absolute atomic E-state index is 11.8. The maximum atomic E-state index is 11.8. The summed E-state index contributed by atoms with van der Waals surface area (Å²) in [6.07, 6.45) is 2.82. The van der Waals surface area contributed by atoms with Crippen molar-refractivity contribution in [1.82, 2.24) is 9.97 Å². The van der Waals surface area contributed by atoms with E-state index in [-0.39, 0.29) is 23.4 Å². The predicted octanol–water partition coefficient (Wildman–Crippen LogP) is 0.363. The summed E-state index contributed by atoms with van der Waals surface area (Å²) in [6, 6.07) is 4.19. The molecule has 2 rings (SSSR count). The van der Waals surface area contributed by atoms with Gasteiger partial charge in [-0.15, -0.1) is 0 Å². The Labute approximate surface area is 97.2 Å². The minimum absolute atomic E-state index is 0.0468. The zero-order valence-electron chi connectivity index (χ0n) is 8.57. The summed E-state index contributed by atoms with van der Waals surface area (Å²) < 4.78 is 30.6. The minimum Gasteiger partial charge on any atom is -0.445 e. The molecule has 17 heavy (non-hydrogen) atoms. The summed E-state index contributed by atoms with van der Waals surface area (Å²) >= 11 is 0. The van der Waals surface area contributed by atoms with Gasteiger partial charge in [0.05, 0.1) is 0 Å². The first-order valence-electron chi connectivity index (χ1n) is 4.61. The van der Waals surface area contributed by atoms with E-state index in [9.17, 15) is 8.42 Å². The van der Waals surface area contributed by atoms with Gasteiger partial charge in [-0.1, -0.05) is 0 Å². The van der Waals surface area contributed by atoms with Crippen molar-refractivity contribution < 1.29 is 17.9 Å². The van der Waals surface area contributed by atoms with Crippen LogP contribution in [0, 0.1) is 0 Å². The summed E-state index contributed by atoms with van der Waals surface area (Å²) in [6.45, 7) is -0.364. The lowest BCUT2D eigenvalue weighted by Crippen LogP contribution is -2.14. The normalized spacial score (nSPS) is 11.4. The minimum atomic E-state index is -3.86. The fourth-order valence-electron chi connectivity index (χ4n) is 1.11. The lowest BCUT2D eigenvalue weighted by Gasteiger charge is -2.02. The second-order valence-corrected chi connectivity index (χ2v) is 4.67. The highest BCUT2D eigenvalue weighted by Crippen LogP contribution is 2.16. The van der Waals surface area contributed by atoms with Crippen LogP contribution in [0.5, 0.6) is 0 Å². The van der Waals surface area contributed by atoms with Crippen LogP contribution in [-0.2, 0) is 16.6 Å². The van der Waals surface area contributed by atoms with E-state index in [1.165, 1.54) is 24.5 Å². The first-order chi connectivity index (χ1) is 8.12. The average Bonchev–Trinajstić information content (AvgIpc) is 2.79. The van der Waals surface area contributed by atoms with E-state index in [4.69, 9.17) is 9.52 Å². The van der Waals surface area contributed by atoms with Crippen LogP contribution in [0.3, 0.4) is 0 Å². The molecule has 2 aromatic heterocycles. The predicted molar refractivity (Wildman–Crippen MR) is 57.5 cm³/mol. The molecule has 0 saturated carbocycles. The molecule has 0 aromatic carbocycles. The van der Waals surface area contributed by atoms with Gasteiger partial charge in [-0.05, 0) is 18.2 Å². The number of nitrogens with zero attached hydrogens (tertiary/aromatic N) is 2. The standard InChI is InChI=1S/C9H9N3O4S/c13-6-7-2-3-8(16-7)17(14,15)12-9-10-4-1-5-11-9/h1-5,13H,6H2,(H,10,11,12). The number of hydrogen-bond acceptors (Lipinski definition) is 6. The molecule has 0 fully saturated rings. The molecule has 2 heterocycles. The molecule has 8 heteroatoms. The van der Waals surface area contributed by atoms with Crippen molar-refractivity contribution in [3.05, 3.63) is 36.4 Å². The number of aromatic nitrogens is 2. The van der Waals surface area contributed by atoms with E-state index in [2.05, 4.69) is 14.7 Å². The van der Waals surface area contributed by atoms with Gasteiger partial charge in [0.1, 0.15) is 12.4 Å². The van der Waals surface area contributed by atoms with Gasteiger partial charge in [-0.2, -0.15) is 8.42 Å². The molecule has 0 radical (unpaired) electrons. The Hall–Kier alpha value is -1.93. The van der Waals surface area contributed by atoms with Crippen molar-refractivity contribution in [1.29, 1.82) is 0 Å². The highest BCUT2D eigenvalue weighted by atomic mass is 32.2. The van der Waals surface area contributed by atoms with Crippen LogP contribution in [0.15, 0.2) is 40.1 Å². The third-order valence-electron chi connectivity index (χ3n) is 1.85. The first-order valence-corrected chi connectivity index (χ1v) is 6.09. The SMILES string of the molecule is O=S(=O)(Nc1ncccn1)c1ccc(CO)o1. The number of rotatable bonds is 4. The van der Waals surface area contributed by atoms with Crippen molar-refractivity contribution in [3.8, 4) is 0 Å². The van der Waals surface area contributed by atoms with Crippen LogP contribution in [0.1, 0.15) is 5.76 Å². The van der Waals surface area contributed by atoms with Gasteiger partial charge in [-0.25, -0.2) is 14.7 Å². The summed E-state index contributed by atoms with van der Waals surface area (Å²) in [5, 5.41) is 8.48. The van der Waals surface area contributed by atoms with Crippen LogP contribution in [0.4, 0.5) is 5.95 Å². The monoisotopic (exact) mass is 255 g/mol. The Morgan fingerprint density at radius 3 is 2.59 bits per heavy atom. The molecular formula is C9H9N3O4S. The van der Waals surface area contributed by atoms with E-state index < -0.39 is 10.0 Å². The molecule has 0 spiro atoms. The molecule has 0 atom stereocenters. The number of hydrogen-bond donors (Lipinski definition) is 2. The highest BCUT2D eigenvalue weighted by Gasteiger charge is 2.19. The summed E-state index contributed by atoms with van der Waals surface area (Å²) in [5.41, 5.74) is 0. The quantitative estimate of drug-likeness (QED) is 0.817. The zero-order chi connectivity index (χ0) is 12.3. The van der Waals surface area contributed by atoms with Gasteiger partial charge in [0.2, 0.25) is 11.0 Å². The molecule has 2 aromatic rings. The molecule has 0 aliphatic heterocycles. The van der Waals surface area contributed by atoms with Gasteiger partial charge in [0.15, 0.2) is 0 Å². The third-order valence-corrected chi connectivity index (χ3v) is 3.05. The van der Waals surface area contributed by atoms with Gasteiger partial charge >= 0.3 is 0 Å². The summed E-state index contributed by atoms with van der Waals surface area (Å²) in [4.78, 5) is 7.45. The van der Waals surface area contributed by atoms with E-state index in [0.717, 1.165) is 0 Å². The highest BCUT2D eigenvalue weighted by molar-refractivity contribution is 7.92. The number of nitrogens with one attached hydrogen (secondary N) is 1. The van der Waals surface area contributed by atoms with E-state index in [1.54, 1.807) is 6.07 Å². The number of furan rings is 1. The lowest BCUT2D eigenvalue weighted by atomic mass is 10.5. The second kappa shape index (κ2) is 4.52. The third kappa shape index (κ3) is 2.60. The second-order valence-electron chi connectivity index (χ2n) is 3.06. The van der Waals surface area contributed by atoms with Crippen LogP contribution in [-0.4, -0.2) is 23.5 Å². The van der Waals surface area contributed by atoms with Crippen molar-refractivity contribution in [2.75, 3.05) is 4.72 Å². The van der Waals surface area contributed by atoms with Crippen LogP contribution in [0.2, 0.25) is 0 Å². The number of aliphatic hydroxyl groups excluding tert-OH is 1. The van der Waals surface area contributed by atoms with Crippen LogP contribution in [0.25, 0.3) is 0 Å². The number of aliphatic hydroxyl groups is 1. The van der Waals surface area contributed by atoms with Crippen molar-refractivity contribution >= 4 is 16.0 Å². The Morgan fingerprint density at radius 2 is 2.00 bits per heavy atom. The molecule has 0 aliphatic carbocycles. The Balaban J connectivity index is 2.25. The molecule has 90 valence electrons. The number of anilines is 1. The van der Waals surface area contributed by atoms with Gasteiger partial charge in [0.25, 0.3) is 10.0 Å². The molecule has 0 bridgehead atoms. The van der Waals surface area contributed by atoms with Crippen LogP contribution < -0.4 is 4.72 Å². The molecule has 0 unspecified atom stereocenters. The maximum Gasteiger partial charge on any atom is 0.297 e. The average molecular weight is 255 g/mol. The van der Waals surface area contributed by atoms with Crippen molar-refractivity contribution in [2.24, 2.45) is 0 Å². The molecule has 2 N–H and O–H groups in total. The Kier molecular flexibility index (Phi) is 3.07. The molecular weight excluding hydrogens is 246 g/mol. The van der Waals surface area contributed by atoms with E-state index >= 15 is 0 Å². The van der Waals surface area contributed by atoms with E-state index in [0.29, 0.717) is 0 Å². The topological polar surface area (TPSA) is 105 Å². The molecule has 0 aliphatic rings. The van der Waals surface area contributed by atoms with Gasteiger partial charge in [0, 0.05) is 12.4 Å². The van der Waals surface area contributed by atoms with E-state index in [1.807, 2.05) is 0 Å². The number of sulfonamides is 1. The van der Waals surface area contributed by atoms with Crippen molar-refractivity contribution in [2.45, 2.75) is 11.7 Å². The van der Waals surface area contributed by atoms with Gasteiger partial charge < -0.3 is 9.52 Å². The Bertz CT molecular complexity index is 594.